The molecule has 25 heavy (non-hydrogen) atoms. The van der Waals surface area contributed by atoms with Crippen LogP contribution in [-0.2, 0) is 17.8 Å². The van der Waals surface area contributed by atoms with E-state index in [1.54, 1.807) is 36.0 Å². The molecule has 0 unspecified atom stereocenters. The Morgan fingerprint density at radius 2 is 2.08 bits per heavy atom. The van der Waals surface area contributed by atoms with E-state index in [0.29, 0.717) is 38.3 Å². The molecule has 0 saturated carbocycles. The summed E-state index contributed by atoms with van der Waals surface area (Å²) in [5.41, 5.74) is 2.01. The molecule has 1 aliphatic heterocycles. The zero-order chi connectivity index (χ0) is 17.8. The number of fused-ring (bicyclic) bond motifs is 1. The lowest BCUT2D eigenvalue weighted by Gasteiger charge is -2.18. The molecule has 0 aliphatic carbocycles. The lowest BCUT2D eigenvalue weighted by molar-refractivity contribution is -0.128. The Kier molecular flexibility index (Phi) is 5.07. The molecule has 132 valence electrons. The Hall–Kier alpha value is -2.76. The van der Waals surface area contributed by atoms with Crippen molar-refractivity contribution in [3.05, 3.63) is 53.5 Å². The van der Waals surface area contributed by atoms with E-state index >= 15 is 0 Å². The van der Waals surface area contributed by atoms with E-state index in [9.17, 15) is 9.59 Å². The number of aryl methyl sites for hydroxylation is 1. The fourth-order valence-electron chi connectivity index (χ4n) is 2.81. The van der Waals surface area contributed by atoms with Gasteiger partial charge in [-0.25, -0.2) is 0 Å². The smallest absolute Gasteiger partial charge is 0.289 e. The van der Waals surface area contributed by atoms with Gasteiger partial charge >= 0.3 is 0 Å². The number of benzene rings is 1. The molecule has 2 amide bonds. The summed E-state index contributed by atoms with van der Waals surface area (Å²) >= 11 is 0. The summed E-state index contributed by atoms with van der Waals surface area (Å²) in [4.78, 5) is 27.6. The number of carbonyl (C=O) groups excluding carboxylic acids is 2. The van der Waals surface area contributed by atoms with Crippen LogP contribution in [0.1, 0.15) is 28.1 Å². The standard InChI is InChI=1S/C19H22N2O4/c1-20(2)18(22)8-6-14-5-7-16-15(12-14)13-21(9-11-25-16)19(23)17-4-3-10-24-17/h3-5,7,10,12H,6,8-9,11,13H2,1-2H3. The van der Waals surface area contributed by atoms with E-state index in [-0.39, 0.29) is 11.8 Å². The van der Waals surface area contributed by atoms with E-state index in [0.717, 1.165) is 16.9 Å². The van der Waals surface area contributed by atoms with Gasteiger partial charge in [0.15, 0.2) is 5.76 Å². The Morgan fingerprint density at radius 3 is 2.80 bits per heavy atom. The minimum Gasteiger partial charge on any atom is -0.491 e. The number of hydrogen-bond donors (Lipinski definition) is 0. The van der Waals surface area contributed by atoms with Gasteiger partial charge in [0.2, 0.25) is 5.91 Å². The molecule has 0 fully saturated rings. The summed E-state index contributed by atoms with van der Waals surface area (Å²) in [5.74, 6) is 1.07. The molecule has 2 heterocycles. The van der Waals surface area contributed by atoms with Crippen molar-refractivity contribution in [1.29, 1.82) is 0 Å². The molecule has 2 aromatic rings. The molecule has 3 rings (SSSR count). The van der Waals surface area contributed by atoms with Crippen molar-refractivity contribution < 1.29 is 18.7 Å². The van der Waals surface area contributed by atoms with Crippen molar-refractivity contribution in [1.82, 2.24) is 9.80 Å². The second kappa shape index (κ2) is 7.42. The second-order valence-electron chi connectivity index (χ2n) is 6.28. The van der Waals surface area contributed by atoms with Gasteiger partial charge < -0.3 is 19.0 Å². The number of ether oxygens (including phenoxy) is 1. The zero-order valence-corrected chi connectivity index (χ0v) is 14.5. The third-order valence-electron chi connectivity index (χ3n) is 4.25. The van der Waals surface area contributed by atoms with Crippen molar-refractivity contribution in [2.45, 2.75) is 19.4 Å². The predicted octanol–water partition coefficient (Wildman–Crippen LogP) is 2.34. The van der Waals surface area contributed by atoms with E-state index in [1.165, 1.54) is 6.26 Å². The number of furan rings is 1. The molecular formula is C19H22N2O4. The van der Waals surface area contributed by atoms with E-state index in [2.05, 4.69) is 0 Å². The first-order chi connectivity index (χ1) is 12.0. The first-order valence-corrected chi connectivity index (χ1v) is 8.32. The van der Waals surface area contributed by atoms with Crippen LogP contribution in [0.25, 0.3) is 0 Å². The van der Waals surface area contributed by atoms with Crippen LogP contribution < -0.4 is 4.74 Å². The minimum absolute atomic E-state index is 0.0980. The van der Waals surface area contributed by atoms with Crippen LogP contribution in [-0.4, -0.2) is 48.9 Å². The average molecular weight is 342 g/mol. The first-order valence-electron chi connectivity index (χ1n) is 8.32. The van der Waals surface area contributed by atoms with E-state index in [4.69, 9.17) is 9.15 Å². The summed E-state index contributed by atoms with van der Waals surface area (Å²) in [6.07, 6.45) is 2.62. The Bertz CT molecular complexity index is 753. The topological polar surface area (TPSA) is 63.0 Å². The normalized spacial score (nSPS) is 13.6. The second-order valence-corrected chi connectivity index (χ2v) is 6.28. The fraction of sp³-hybridized carbons (Fsp3) is 0.368. The number of nitrogens with zero attached hydrogens (tertiary/aromatic N) is 2. The minimum atomic E-state index is -0.144. The maximum Gasteiger partial charge on any atom is 0.289 e. The maximum atomic E-state index is 12.5. The van der Waals surface area contributed by atoms with E-state index < -0.39 is 0 Å². The monoisotopic (exact) mass is 342 g/mol. The van der Waals surface area contributed by atoms with Gasteiger partial charge in [-0.3, -0.25) is 9.59 Å². The van der Waals surface area contributed by atoms with Gasteiger partial charge in [-0.2, -0.15) is 0 Å². The van der Waals surface area contributed by atoms with Crippen LogP contribution in [0, 0.1) is 0 Å². The molecule has 1 aromatic carbocycles. The van der Waals surface area contributed by atoms with Crippen molar-refractivity contribution in [2.75, 3.05) is 27.2 Å². The van der Waals surface area contributed by atoms with Crippen LogP contribution in [0.15, 0.2) is 41.0 Å². The third-order valence-corrected chi connectivity index (χ3v) is 4.25. The first kappa shape index (κ1) is 17.1. The third kappa shape index (κ3) is 4.02. The van der Waals surface area contributed by atoms with Gasteiger partial charge in [-0.05, 0) is 30.2 Å². The highest BCUT2D eigenvalue weighted by atomic mass is 16.5. The van der Waals surface area contributed by atoms with Gasteiger partial charge in [0, 0.05) is 32.6 Å². The van der Waals surface area contributed by atoms with Crippen LogP contribution in [0.3, 0.4) is 0 Å². The highest BCUT2D eigenvalue weighted by molar-refractivity contribution is 5.91. The number of carbonyl (C=O) groups is 2. The van der Waals surface area contributed by atoms with E-state index in [1.807, 2.05) is 18.2 Å². The van der Waals surface area contributed by atoms with Crippen LogP contribution in [0.4, 0.5) is 0 Å². The predicted molar refractivity (Wildman–Crippen MR) is 92.4 cm³/mol. The molecule has 0 N–H and O–H groups in total. The maximum absolute atomic E-state index is 12.5. The van der Waals surface area contributed by atoms with Crippen molar-refractivity contribution in [3.8, 4) is 5.75 Å². The Labute approximate surface area is 147 Å². The van der Waals surface area contributed by atoms with Gasteiger partial charge in [0.1, 0.15) is 12.4 Å². The summed E-state index contributed by atoms with van der Waals surface area (Å²) < 4.78 is 11.0. The van der Waals surface area contributed by atoms with Crippen LogP contribution in [0.2, 0.25) is 0 Å². The lowest BCUT2D eigenvalue weighted by Crippen LogP contribution is -2.32. The van der Waals surface area contributed by atoms with Gasteiger partial charge in [0.25, 0.3) is 5.91 Å². The molecule has 0 spiro atoms. The highest BCUT2D eigenvalue weighted by Crippen LogP contribution is 2.26. The highest BCUT2D eigenvalue weighted by Gasteiger charge is 2.23. The molecular weight excluding hydrogens is 320 g/mol. The van der Waals surface area contributed by atoms with Crippen molar-refractivity contribution in [3.63, 3.8) is 0 Å². The van der Waals surface area contributed by atoms with Gasteiger partial charge in [-0.15, -0.1) is 0 Å². The van der Waals surface area contributed by atoms with Crippen LogP contribution >= 0.6 is 0 Å². The van der Waals surface area contributed by atoms with Gasteiger partial charge in [0.05, 0.1) is 12.8 Å². The lowest BCUT2D eigenvalue weighted by atomic mass is 10.0. The average Bonchev–Trinajstić information content (AvgIpc) is 3.05. The number of amides is 2. The summed E-state index contributed by atoms with van der Waals surface area (Å²) in [7, 11) is 3.51. The summed E-state index contributed by atoms with van der Waals surface area (Å²) in [6, 6.07) is 9.29. The van der Waals surface area contributed by atoms with Crippen molar-refractivity contribution >= 4 is 11.8 Å². The molecule has 6 nitrogen and oxygen atoms in total. The fourth-order valence-corrected chi connectivity index (χ4v) is 2.81. The molecule has 6 heteroatoms. The summed E-state index contributed by atoms with van der Waals surface area (Å²) in [5, 5.41) is 0. The van der Waals surface area contributed by atoms with Crippen molar-refractivity contribution in [2.24, 2.45) is 0 Å². The molecule has 0 radical (unpaired) electrons. The quantitative estimate of drug-likeness (QED) is 0.855. The van der Waals surface area contributed by atoms with Gasteiger partial charge in [-0.1, -0.05) is 12.1 Å². The number of hydrogen-bond acceptors (Lipinski definition) is 4. The molecule has 1 aliphatic rings. The Balaban J connectivity index is 1.74. The molecule has 1 aromatic heterocycles. The number of rotatable bonds is 4. The SMILES string of the molecule is CN(C)C(=O)CCc1ccc2c(c1)CN(C(=O)c1ccco1)CCO2. The summed E-state index contributed by atoms with van der Waals surface area (Å²) in [6.45, 7) is 1.41. The molecule has 0 bridgehead atoms. The Morgan fingerprint density at radius 1 is 1.24 bits per heavy atom. The van der Waals surface area contributed by atoms with Crippen LogP contribution in [0.5, 0.6) is 5.75 Å². The largest absolute Gasteiger partial charge is 0.491 e. The molecule has 0 saturated heterocycles. The zero-order valence-electron chi connectivity index (χ0n) is 14.5. The molecule has 0 atom stereocenters.